The number of thioether (sulfide) groups is 1. The van der Waals surface area contributed by atoms with Gasteiger partial charge in [0.1, 0.15) is 5.75 Å². The zero-order valence-electron chi connectivity index (χ0n) is 17.4. The molecule has 0 saturated heterocycles. The van der Waals surface area contributed by atoms with Crippen molar-refractivity contribution in [2.24, 2.45) is 0 Å². The van der Waals surface area contributed by atoms with Crippen LogP contribution in [0.5, 0.6) is 5.75 Å². The maximum absolute atomic E-state index is 13.4. The Balaban J connectivity index is 1.61. The molecule has 3 aromatic carbocycles. The van der Waals surface area contributed by atoms with Crippen LogP contribution < -0.4 is 10.3 Å². The van der Waals surface area contributed by atoms with Crippen molar-refractivity contribution in [3.8, 4) is 11.4 Å². The van der Waals surface area contributed by atoms with E-state index in [2.05, 4.69) is 10.2 Å². The first-order valence-corrected chi connectivity index (χ1v) is 10.9. The van der Waals surface area contributed by atoms with Crippen LogP contribution in [0.15, 0.2) is 82.7 Å². The van der Waals surface area contributed by atoms with Gasteiger partial charge in [-0.25, -0.2) is 4.57 Å². The summed E-state index contributed by atoms with van der Waals surface area (Å²) in [5, 5.41) is 20.7. The van der Waals surface area contributed by atoms with Crippen molar-refractivity contribution >= 4 is 34.1 Å². The normalized spacial score (nSPS) is 11.2. The van der Waals surface area contributed by atoms with Crippen LogP contribution in [0.25, 0.3) is 22.4 Å². The minimum absolute atomic E-state index is 0.0474. The summed E-state index contributed by atoms with van der Waals surface area (Å²) in [5.41, 5.74) is 2.12. The van der Waals surface area contributed by atoms with Crippen LogP contribution in [0.4, 0.5) is 5.69 Å². The average Bonchev–Trinajstić information content (AvgIpc) is 3.27. The molecular weight excluding hydrogens is 442 g/mol. The largest absolute Gasteiger partial charge is 0.497 e. The Kier molecular flexibility index (Phi) is 5.27. The molecule has 0 aliphatic rings. The molecule has 0 aliphatic carbocycles. The first kappa shape index (κ1) is 20.7. The Hall–Kier alpha value is -4.18. The van der Waals surface area contributed by atoms with Crippen molar-refractivity contribution in [2.45, 2.75) is 10.9 Å². The number of methoxy groups -OCH3 is 1. The van der Waals surface area contributed by atoms with Gasteiger partial charge in [0, 0.05) is 17.9 Å². The van der Waals surface area contributed by atoms with Crippen LogP contribution >= 0.6 is 11.8 Å². The molecule has 164 valence electrons. The summed E-state index contributed by atoms with van der Waals surface area (Å²) in [6, 6.07) is 20.9. The lowest BCUT2D eigenvalue weighted by atomic mass is 10.2. The number of ether oxygens (including phenoxy) is 1. The molecule has 33 heavy (non-hydrogen) atoms. The molecule has 0 bridgehead atoms. The summed E-state index contributed by atoms with van der Waals surface area (Å²) in [7, 11) is 1.59. The number of benzene rings is 3. The van der Waals surface area contributed by atoms with Gasteiger partial charge in [0.05, 0.1) is 28.6 Å². The number of rotatable bonds is 6. The summed E-state index contributed by atoms with van der Waals surface area (Å²) < 4.78 is 8.62. The molecule has 2 aromatic heterocycles. The third kappa shape index (κ3) is 3.70. The van der Waals surface area contributed by atoms with Gasteiger partial charge in [-0.3, -0.25) is 19.3 Å². The number of hydrogen-bond donors (Lipinski definition) is 0. The Morgan fingerprint density at radius 3 is 2.42 bits per heavy atom. The zero-order chi connectivity index (χ0) is 22.9. The van der Waals surface area contributed by atoms with E-state index in [9.17, 15) is 14.9 Å². The third-order valence-corrected chi connectivity index (χ3v) is 6.24. The Morgan fingerprint density at radius 1 is 1.00 bits per heavy atom. The molecule has 0 saturated carbocycles. The Labute approximate surface area is 191 Å². The van der Waals surface area contributed by atoms with Crippen LogP contribution in [0.3, 0.4) is 0 Å². The van der Waals surface area contributed by atoms with Crippen LogP contribution in [0, 0.1) is 10.1 Å². The van der Waals surface area contributed by atoms with E-state index in [-0.39, 0.29) is 11.2 Å². The Bertz CT molecular complexity index is 1540. The van der Waals surface area contributed by atoms with Gasteiger partial charge < -0.3 is 4.74 Å². The lowest BCUT2D eigenvalue weighted by Crippen LogP contribution is -2.21. The average molecular weight is 459 g/mol. The Morgan fingerprint density at radius 2 is 1.73 bits per heavy atom. The van der Waals surface area contributed by atoms with Gasteiger partial charge in [-0.1, -0.05) is 36.0 Å². The molecule has 0 atom stereocenters. The lowest BCUT2D eigenvalue weighted by Gasteiger charge is -2.12. The van der Waals surface area contributed by atoms with Crippen LogP contribution in [0.1, 0.15) is 5.56 Å². The van der Waals surface area contributed by atoms with E-state index in [1.54, 1.807) is 49.6 Å². The molecule has 2 heterocycles. The fraction of sp³-hybridized carbons (Fsp3) is 0.0870. The maximum Gasteiger partial charge on any atom is 0.269 e. The fourth-order valence-corrected chi connectivity index (χ4v) is 4.49. The second-order valence-electron chi connectivity index (χ2n) is 7.19. The highest BCUT2D eigenvalue weighted by Crippen LogP contribution is 2.26. The topological polar surface area (TPSA) is 105 Å². The lowest BCUT2D eigenvalue weighted by molar-refractivity contribution is -0.384. The minimum Gasteiger partial charge on any atom is -0.497 e. The van der Waals surface area contributed by atoms with Crippen LogP contribution in [-0.2, 0) is 5.75 Å². The fourth-order valence-electron chi connectivity index (χ4n) is 3.60. The highest BCUT2D eigenvalue weighted by atomic mass is 32.2. The smallest absolute Gasteiger partial charge is 0.269 e. The van der Waals surface area contributed by atoms with E-state index >= 15 is 0 Å². The van der Waals surface area contributed by atoms with Crippen LogP contribution in [0.2, 0.25) is 0 Å². The summed E-state index contributed by atoms with van der Waals surface area (Å²) in [4.78, 5) is 23.8. The quantitative estimate of drug-likeness (QED) is 0.212. The van der Waals surface area contributed by atoms with E-state index in [1.807, 2.05) is 22.6 Å². The highest BCUT2D eigenvalue weighted by Gasteiger charge is 2.18. The SMILES string of the molecule is COc1ccc(-n2c(=O)c3ccccc3n3c(SCc4ccc([N+](=O)[O-])cc4)nnc23)cc1. The van der Waals surface area contributed by atoms with Gasteiger partial charge >= 0.3 is 0 Å². The molecule has 0 spiro atoms. The molecule has 5 aromatic rings. The van der Waals surface area contributed by atoms with Crippen molar-refractivity contribution in [3.05, 3.63) is 98.8 Å². The predicted octanol–water partition coefficient (Wildman–Crippen LogP) is 4.24. The number of aromatic nitrogens is 4. The molecule has 9 nitrogen and oxygen atoms in total. The third-order valence-electron chi connectivity index (χ3n) is 5.24. The van der Waals surface area contributed by atoms with E-state index in [0.717, 1.165) is 5.56 Å². The molecule has 10 heteroatoms. The number of hydrogen-bond acceptors (Lipinski definition) is 7. The van der Waals surface area contributed by atoms with E-state index < -0.39 is 4.92 Å². The summed E-state index contributed by atoms with van der Waals surface area (Å²) in [6.45, 7) is 0. The maximum atomic E-state index is 13.4. The molecule has 0 aliphatic heterocycles. The minimum atomic E-state index is -0.423. The van der Waals surface area contributed by atoms with Crippen molar-refractivity contribution in [1.82, 2.24) is 19.2 Å². The van der Waals surface area contributed by atoms with E-state index in [1.165, 1.54) is 28.5 Å². The van der Waals surface area contributed by atoms with Gasteiger partial charge in [-0.05, 0) is 42.0 Å². The molecular formula is C23H17N5O4S. The summed E-state index contributed by atoms with van der Waals surface area (Å²) >= 11 is 1.44. The predicted molar refractivity (Wildman–Crippen MR) is 125 cm³/mol. The van der Waals surface area contributed by atoms with Gasteiger partial charge in [-0.2, -0.15) is 0 Å². The number of fused-ring (bicyclic) bond motifs is 3. The number of non-ortho nitro benzene ring substituents is 1. The number of para-hydroxylation sites is 1. The molecule has 0 amide bonds. The monoisotopic (exact) mass is 459 g/mol. The molecule has 0 N–H and O–H groups in total. The van der Waals surface area contributed by atoms with Crippen molar-refractivity contribution in [2.75, 3.05) is 7.11 Å². The first-order valence-electron chi connectivity index (χ1n) is 9.96. The van der Waals surface area contributed by atoms with Crippen molar-refractivity contribution < 1.29 is 9.66 Å². The molecule has 5 rings (SSSR count). The molecule has 0 fully saturated rings. The highest BCUT2D eigenvalue weighted by molar-refractivity contribution is 7.98. The van der Waals surface area contributed by atoms with Gasteiger partial charge in [-0.15, -0.1) is 10.2 Å². The zero-order valence-corrected chi connectivity index (χ0v) is 18.2. The first-order chi connectivity index (χ1) is 16.1. The summed E-state index contributed by atoms with van der Waals surface area (Å²) in [6.07, 6.45) is 0. The second-order valence-corrected chi connectivity index (χ2v) is 8.13. The molecule has 0 unspecified atom stereocenters. The standard InChI is InChI=1S/C23H17N5O4S/c1-32-18-12-10-16(11-13-18)26-21(29)19-4-2-3-5-20(19)27-22(26)24-25-23(27)33-14-15-6-8-17(9-7-15)28(30)31/h2-13H,14H2,1H3. The second kappa shape index (κ2) is 8.40. The van der Waals surface area contributed by atoms with Gasteiger partial charge in [0.25, 0.3) is 11.2 Å². The van der Waals surface area contributed by atoms with Gasteiger partial charge in [0.15, 0.2) is 5.16 Å². The van der Waals surface area contributed by atoms with Crippen molar-refractivity contribution in [1.29, 1.82) is 0 Å². The number of nitrogens with zero attached hydrogens (tertiary/aromatic N) is 5. The van der Waals surface area contributed by atoms with Gasteiger partial charge in [0.2, 0.25) is 5.78 Å². The molecule has 0 radical (unpaired) electrons. The van der Waals surface area contributed by atoms with E-state index in [0.29, 0.717) is 39.0 Å². The van der Waals surface area contributed by atoms with Crippen LogP contribution in [-0.4, -0.2) is 31.2 Å². The number of nitro benzene ring substituents is 1. The van der Waals surface area contributed by atoms with E-state index in [4.69, 9.17) is 4.74 Å². The number of nitro groups is 1. The summed E-state index contributed by atoms with van der Waals surface area (Å²) in [5.74, 6) is 1.62. The van der Waals surface area contributed by atoms with Crippen molar-refractivity contribution in [3.63, 3.8) is 0 Å².